The molecule has 0 bridgehead atoms. The van der Waals surface area contributed by atoms with E-state index in [1.807, 2.05) is 25.7 Å². The van der Waals surface area contributed by atoms with Crippen LogP contribution in [-0.2, 0) is 4.79 Å². The summed E-state index contributed by atoms with van der Waals surface area (Å²) in [6, 6.07) is -0.527. The fourth-order valence-electron chi connectivity index (χ4n) is 1.88. The lowest BCUT2D eigenvalue weighted by atomic mass is 9.94. The van der Waals surface area contributed by atoms with E-state index in [4.69, 9.17) is 5.73 Å². The van der Waals surface area contributed by atoms with Crippen molar-refractivity contribution >= 4 is 11.9 Å². The van der Waals surface area contributed by atoms with Gasteiger partial charge in [0.15, 0.2) is 0 Å². The lowest BCUT2D eigenvalue weighted by Crippen LogP contribution is -2.47. The number of hydrogen-bond donors (Lipinski definition) is 2. The van der Waals surface area contributed by atoms with Crippen molar-refractivity contribution in [3.8, 4) is 0 Å². The van der Waals surface area contributed by atoms with E-state index >= 15 is 0 Å². The molecule has 0 atom stereocenters. The molecule has 0 fully saturated rings. The Bertz CT molecular complexity index is 369. The van der Waals surface area contributed by atoms with E-state index in [2.05, 4.69) is 38.0 Å². The van der Waals surface area contributed by atoms with Gasteiger partial charge in [0.05, 0.1) is 0 Å². The molecule has 130 valence electrons. The largest absolute Gasteiger partial charge is 0.352 e. The lowest BCUT2D eigenvalue weighted by Gasteiger charge is -2.35. The van der Waals surface area contributed by atoms with Gasteiger partial charge in [-0.25, -0.2) is 4.79 Å². The molecular formula is C16H34N4O2. The predicted molar refractivity (Wildman–Crippen MR) is 90.6 cm³/mol. The van der Waals surface area contributed by atoms with Crippen LogP contribution in [0.15, 0.2) is 0 Å². The van der Waals surface area contributed by atoms with E-state index in [1.165, 1.54) is 0 Å². The Morgan fingerprint density at radius 1 is 1.00 bits per heavy atom. The first kappa shape index (κ1) is 20.7. The highest BCUT2D eigenvalue weighted by atomic mass is 16.2. The molecule has 0 aliphatic heterocycles. The standard InChI is InChI=1S/C16H34N4O2/c1-15(2,3)13(21)20(10-8-9-18-14(17)22)12-11-19(7)16(4,5)6/h8-12H2,1-7H3,(H3,17,18,22). The molecule has 6 heteroatoms. The molecular weight excluding hydrogens is 280 g/mol. The molecule has 0 saturated heterocycles. The minimum atomic E-state index is -0.527. The van der Waals surface area contributed by atoms with E-state index < -0.39 is 11.4 Å². The van der Waals surface area contributed by atoms with Gasteiger partial charge < -0.3 is 16.0 Å². The van der Waals surface area contributed by atoms with Gasteiger partial charge in [0.25, 0.3) is 0 Å². The van der Waals surface area contributed by atoms with Gasteiger partial charge in [0.1, 0.15) is 0 Å². The molecule has 6 nitrogen and oxygen atoms in total. The minimum Gasteiger partial charge on any atom is -0.352 e. The highest BCUT2D eigenvalue weighted by Crippen LogP contribution is 2.18. The predicted octanol–water partition coefficient (Wildman–Crippen LogP) is 1.65. The van der Waals surface area contributed by atoms with Crippen LogP contribution >= 0.6 is 0 Å². The number of nitrogens with two attached hydrogens (primary N) is 1. The Balaban J connectivity index is 4.60. The Morgan fingerprint density at radius 2 is 1.55 bits per heavy atom. The van der Waals surface area contributed by atoms with Crippen molar-refractivity contribution in [2.75, 3.05) is 33.2 Å². The molecule has 0 aliphatic rings. The summed E-state index contributed by atoms with van der Waals surface area (Å²) in [6.07, 6.45) is 0.698. The fourth-order valence-corrected chi connectivity index (χ4v) is 1.88. The van der Waals surface area contributed by atoms with Gasteiger partial charge in [-0.2, -0.15) is 0 Å². The molecule has 0 rings (SSSR count). The number of amides is 3. The van der Waals surface area contributed by atoms with Crippen LogP contribution in [0.4, 0.5) is 4.79 Å². The molecule has 22 heavy (non-hydrogen) atoms. The number of urea groups is 1. The molecule has 0 aliphatic carbocycles. The van der Waals surface area contributed by atoms with Crippen molar-refractivity contribution in [1.29, 1.82) is 0 Å². The third-order valence-electron chi connectivity index (χ3n) is 3.68. The number of likely N-dealkylation sites (N-methyl/N-ethyl adjacent to an activating group) is 1. The molecule has 0 radical (unpaired) electrons. The quantitative estimate of drug-likeness (QED) is 0.701. The van der Waals surface area contributed by atoms with Crippen LogP contribution in [0.25, 0.3) is 0 Å². The van der Waals surface area contributed by atoms with E-state index in [9.17, 15) is 9.59 Å². The normalized spacial score (nSPS) is 12.4. The number of carbonyl (C=O) groups is 2. The van der Waals surface area contributed by atoms with E-state index in [0.717, 1.165) is 6.54 Å². The van der Waals surface area contributed by atoms with Crippen LogP contribution in [0.3, 0.4) is 0 Å². The Labute approximate surface area is 135 Å². The van der Waals surface area contributed by atoms with Crippen molar-refractivity contribution in [2.24, 2.45) is 11.1 Å². The van der Waals surface area contributed by atoms with Crippen LogP contribution in [0, 0.1) is 5.41 Å². The maximum Gasteiger partial charge on any atom is 0.312 e. The second-order valence-electron chi connectivity index (χ2n) is 7.78. The monoisotopic (exact) mass is 314 g/mol. The molecule has 0 heterocycles. The molecule has 3 N–H and O–H groups in total. The van der Waals surface area contributed by atoms with E-state index in [1.54, 1.807) is 0 Å². The van der Waals surface area contributed by atoms with E-state index in [0.29, 0.717) is 26.1 Å². The average Bonchev–Trinajstić information content (AvgIpc) is 2.34. The van der Waals surface area contributed by atoms with E-state index in [-0.39, 0.29) is 11.4 Å². The lowest BCUT2D eigenvalue weighted by molar-refractivity contribution is -0.139. The highest BCUT2D eigenvalue weighted by molar-refractivity contribution is 5.81. The molecule has 0 saturated carbocycles. The van der Waals surface area contributed by atoms with Crippen molar-refractivity contribution in [3.05, 3.63) is 0 Å². The molecule has 0 spiro atoms. The number of hydrogen-bond acceptors (Lipinski definition) is 3. The number of carbonyl (C=O) groups excluding carboxylic acids is 2. The summed E-state index contributed by atoms with van der Waals surface area (Å²) >= 11 is 0. The van der Waals surface area contributed by atoms with Gasteiger partial charge in [0, 0.05) is 37.1 Å². The summed E-state index contributed by atoms with van der Waals surface area (Å²) in [6.45, 7) is 14.8. The van der Waals surface area contributed by atoms with Gasteiger partial charge in [-0.3, -0.25) is 9.69 Å². The Morgan fingerprint density at radius 3 is 1.95 bits per heavy atom. The number of primary amides is 1. The maximum atomic E-state index is 12.6. The van der Waals surface area contributed by atoms with Crippen molar-refractivity contribution in [3.63, 3.8) is 0 Å². The Kier molecular flexibility index (Phi) is 7.87. The van der Waals surface area contributed by atoms with Crippen molar-refractivity contribution < 1.29 is 9.59 Å². The smallest absolute Gasteiger partial charge is 0.312 e. The first-order valence-corrected chi connectivity index (χ1v) is 7.89. The molecule has 0 unspecified atom stereocenters. The summed E-state index contributed by atoms with van der Waals surface area (Å²) in [7, 11) is 2.06. The Hall–Kier alpha value is -1.30. The first-order valence-electron chi connectivity index (χ1n) is 7.89. The molecule has 0 aromatic rings. The van der Waals surface area contributed by atoms with Crippen LogP contribution < -0.4 is 11.1 Å². The summed E-state index contributed by atoms with van der Waals surface area (Å²) < 4.78 is 0. The van der Waals surface area contributed by atoms with Gasteiger partial charge >= 0.3 is 6.03 Å². The second kappa shape index (κ2) is 8.36. The number of nitrogens with one attached hydrogen (secondary N) is 1. The molecule has 3 amide bonds. The molecule has 0 aromatic heterocycles. The zero-order chi connectivity index (χ0) is 17.6. The highest BCUT2D eigenvalue weighted by Gasteiger charge is 2.27. The minimum absolute atomic E-state index is 0.0734. The third kappa shape index (κ3) is 8.22. The fraction of sp³-hybridized carbons (Fsp3) is 0.875. The summed E-state index contributed by atoms with van der Waals surface area (Å²) in [4.78, 5) is 27.4. The first-order chi connectivity index (χ1) is 9.85. The molecule has 0 aromatic carbocycles. The summed E-state index contributed by atoms with van der Waals surface area (Å²) in [5.41, 5.74) is 4.72. The topological polar surface area (TPSA) is 78.7 Å². The number of rotatable bonds is 7. The van der Waals surface area contributed by atoms with Gasteiger partial charge in [-0.15, -0.1) is 0 Å². The second-order valence-corrected chi connectivity index (χ2v) is 7.78. The zero-order valence-electron chi connectivity index (χ0n) is 15.3. The van der Waals surface area contributed by atoms with Crippen LogP contribution in [-0.4, -0.2) is 60.5 Å². The summed E-state index contributed by atoms with van der Waals surface area (Å²) in [5.74, 6) is 0.133. The van der Waals surface area contributed by atoms with Gasteiger partial charge in [-0.05, 0) is 34.2 Å². The van der Waals surface area contributed by atoms with Crippen LogP contribution in [0.1, 0.15) is 48.0 Å². The average molecular weight is 314 g/mol. The number of nitrogens with zero attached hydrogens (tertiary/aromatic N) is 2. The summed E-state index contributed by atoms with van der Waals surface area (Å²) in [5, 5.41) is 2.56. The van der Waals surface area contributed by atoms with Crippen molar-refractivity contribution in [2.45, 2.75) is 53.5 Å². The van der Waals surface area contributed by atoms with Crippen molar-refractivity contribution in [1.82, 2.24) is 15.1 Å². The maximum absolute atomic E-state index is 12.6. The van der Waals surface area contributed by atoms with Gasteiger partial charge in [0.2, 0.25) is 5.91 Å². The zero-order valence-corrected chi connectivity index (χ0v) is 15.3. The SMILES string of the molecule is CN(CCN(CCCNC(N)=O)C(=O)C(C)(C)C)C(C)(C)C. The van der Waals surface area contributed by atoms with Crippen LogP contribution in [0.5, 0.6) is 0 Å². The van der Waals surface area contributed by atoms with Crippen LogP contribution in [0.2, 0.25) is 0 Å². The van der Waals surface area contributed by atoms with Gasteiger partial charge in [-0.1, -0.05) is 20.8 Å². The third-order valence-corrected chi connectivity index (χ3v) is 3.68.